The average molecular weight is 418 g/mol. The molecular weight excluding hydrogens is 388 g/mol. The monoisotopic (exact) mass is 418 g/mol. The summed E-state index contributed by atoms with van der Waals surface area (Å²) in [5, 5.41) is 9.18. The molecule has 0 bridgehead atoms. The van der Waals surface area contributed by atoms with Gasteiger partial charge >= 0.3 is 5.97 Å². The van der Waals surface area contributed by atoms with Crippen LogP contribution in [0, 0.1) is 11.8 Å². The maximum absolute atomic E-state index is 13.8. The van der Waals surface area contributed by atoms with Crippen molar-refractivity contribution in [1.29, 1.82) is 0 Å². The van der Waals surface area contributed by atoms with Gasteiger partial charge in [-0.1, -0.05) is 18.2 Å². The number of hydrogen-bond donors (Lipinski definition) is 1. The van der Waals surface area contributed by atoms with Crippen LogP contribution in [0.25, 0.3) is 0 Å². The van der Waals surface area contributed by atoms with Crippen molar-refractivity contribution in [3.63, 3.8) is 0 Å². The zero-order chi connectivity index (χ0) is 21.7. The molecule has 0 aromatic carbocycles. The lowest BCUT2D eigenvalue weighted by Crippen LogP contribution is -2.58. The van der Waals surface area contributed by atoms with Gasteiger partial charge < -0.3 is 24.4 Å². The largest absolute Gasteiger partial charge is 0.461 e. The van der Waals surface area contributed by atoms with Gasteiger partial charge in [-0.05, 0) is 39.7 Å². The number of fused-ring (bicyclic) bond motifs is 2. The van der Waals surface area contributed by atoms with Crippen molar-refractivity contribution in [2.24, 2.45) is 11.8 Å². The topological polar surface area (TPSA) is 96.4 Å². The van der Waals surface area contributed by atoms with Crippen molar-refractivity contribution in [3.05, 3.63) is 24.3 Å². The second-order valence-corrected chi connectivity index (χ2v) is 9.38. The Morgan fingerprint density at radius 2 is 1.93 bits per heavy atom. The molecule has 2 saturated heterocycles. The van der Waals surface area contributed by atoms with E-state index in [-0.39, 0.29) is 25.0 Å². The molecule has 2 fully saturated rings. The van der Waals surface area contributed by atoms with Gasteiger partial charge in [-0.25, -0.2) is 0 Å². The zero-order valence-electron chi connectivity index (χ0n) is 17.7. The Morgan fingerprint density at radius 1 is 1.17 bits per heavy atom. The van der Waals surface area contributed by atoms with Crippen molar-refractivity contribution in [1.82, 2.24) is 9.80 Å². The number of aliphatic hydroxyl groups is 1. The van der Waals surface area contributed by atoms with E-state index in [1.165, 1.54) is 0 Å². The van der Waals surface area contributed by atoms with Crippen LogP contribution in [0.5, 0.6) is 0 Å². The molecule has 0 aliphatic carbocycles. The quantitative estimate of drug-likeness (QED) is 0.409. The van der Waals surface area contributed by atoms with Gasteiger partial charge in [0, 0.05) is 25.2 Å². The second kappa shape index (κ2) is 7.50. The first kappa shape index (κ1) is 21.1. The van der Waals surface area contributed by atoms with Gasteiger partial charge in [-0.3, -0.25) is 14.4 Å². The Kier molecular flexibility index (Phi) is 5.26. The number of carbonyl (C=O) groups excluding carboxylic acids is 3. The first-order valence-electron chi connectivity index (χ1n) is 10.6. The van der Waals surface area contributed by atoms with Crippen LogP contribution < -0.4 is 0 Å². The van der Waals surface area contributed by atoms with Gasteiger partial charge in [0.15, 0.2) is 0 Å². The van der Waals surface area contributed by atoms with E-state index in [0.717, 1.165) is 0 Å². The number of nitrogens with zero attached hydrogens (tertiary/aromatic N) is 2. The predicted molar refractivity (Wildman–Crippen MR) is 107 cm³/mol. The minimum absolute atomic E-state index is 0.0154. The zero-order valence-corrected chi connectivity index (χ0v) is 17.7. The van der Waals surface area contributed by atoms with Crippen LogP contribution in [0.2, 0.25) is 0 Å². The lowest BCUT2D eigenvalue weighted by molar-refractivity contribution is -0.154. The summed E-state index contributed by atoms with van der Waals surface area (Å²) in [5.41, 5.74) is -1.64. The van der Waals surface area contributed by atoms with E-state index in [4.69, 9.17) is 9.47 Å². The molecule has 0 radical (unpaired) electrons. The Bertz CT molecular complexity index is 800. The molecule has 4 rings (SSSR count). The number of ether oxygens (including phenoxy) is 2. The smallest absolute Gasteiger partial charge is 0.313 e. The number of rotatable bonds is 4. The predicted octanol–water partition coefficient (Wildman–Crippen LogP) is 0.650. The number of aliphatic hydroxyl groups excluding tert-OH is 1. The maximum atomic E-state index is 13.8. The van der Waals surface area contributed by atoms with E-state index in [9.17, 15) is 19.5 Å². The first-order chi connectivity index (χ1) is 14.2. The van der Waals surface area contributed by atoms with Crippen molar-refractivity contribution < 1.29 is 29.0 Å². The summed E-state index contributed by atoms with van der Waals surface area (Å²) in [6.45, 7) is 6.78. The van der Waals surface area contributed by atoms with Crippen molar-refractivity contribution in [2.75, 3.05) is 26.3 Å². The Labute approximate surface area is 176 Å². The molecule has 8 heteroatoms. The van der Waals surface area contributed by atoms with Gasteiger partial charge in [-0.2, -0.15) is 0 Å². The fourth-order valence-corrected chi connectivity index (χ4v) is 5.21. The second-order valence-electron chi connectivity index (χ2n) is 9.38. The Balaban J connectivity index is 1.80. The van der Waals surface area contributed by atoms with Crippen LogP contribution >= 0.6 is 0 Å². The Hall–Kier alpha value is -2.19. The number of cyclic esters (lactones) is 1. The third kappa shape index (κ3) is 3.08. The molecule has 1 spiro atoms. The molecule has 4 aliphatic rings. The normalized spacial score (nSPS) is 35.7. The third-order valence-corrected chi connectivity index (χ3v) is 6.53. The highest BCUT2D eigenvalue weighted by atomic mass is 16.6. The highest BCUT2D eigenvalue weighted by Crippen LogP contribution is 2.53. The van der Waals surface area contributed by atoms with Crippen molar-refractivity contribution in [2.45, 2.75) is 56.9 Å². The van der Waals surface area contributed by atoms with Gasteiger partial charge in [0.1, 0.15) is 24.2 Å². The van der Waals surface area contributed by atoms with Gasteiger partial charge in [0.05, 0.1) is 12.0 Å². The Morgan fingerprint density at radius 3 is 2.63 bits per heavy atom. The summed E-state index contributed by atoms with van der Waals surface area (Å²) in [7, 11) is 0. The van der Waals surface area contributed by atoms with Gasteiger partial charge in [0.2, 0.25) is 11.8 Å². The van der Waals surface area contributed by atoms with Gasteiger partial charge in [-0.15, -0.1) is 0 Å². The van der Waals surface area contributed by atoms with Gasteiger partial charge in [0.25, 0.3) is 0 Å². The van der Waals surface area contributed by atoms with E-state index in [2.05, 4.69) is 0 Å². The molecule has 5 atom stereocenters. The van der Waals surface area contributed by atoms with Crippen molar-refractivity contribution in [3.8, 4) is 0 Å². The fourth-order valence-electron chi connectivity index (χ4n) is 5.21. The molecule has 8 nitrogen and oxygen atoms in total. The minimum Gasteiger partial charge on any atom is -0.461 e. The molecule has 1 unspecified atom stereocenters. The van der Waals surface area contributed by atoms with E-state index < -0.39 is 41.1 Å². The number of amides is 2. The molecule has 2 amide bonds. The summed E-state index contributed by atoms with van der Waals surface area (Å²) >= 11 is 0. The molecule has 4 aliphatic heterocycles. The molecule has 164 valence electrons. The van der Waals surface area contributed by atoms with E-state index >= 15 is 0 Å². The summed E-state index contributed by atoms with van der Waals surface area (Å²) < 4.78 is 11.7. The molecule has 0 saturated carbocycles. The van der Waals surface area contributed by atoms with Crippen LogP contribution in [0.1, 0.15) is 33.6 Å². The van der Waals surface area contributed by atoms with Crippen LogP contribution in [0.3, 0.4) is 0 Å². The van der Waals surface area contributed by atoms with Crippen LogP contribution in [-0.4, -0.2) is 82.3 Å². The highest BCUT2D eigenvalue weighted by molar-refractivity contribution is 5.99. The molecule has 30 heavy (non-hydrogen) atoms. The summed E-state index contributed by atoms with van der Waals surface area (Å²) in [5.74, 6) is -2.49. The lowest BCUT2D eigenvalue weighted by Gasteiger charge is -2.40. The number of esters is 1. The fraction of sp³-hybridized carbons (Fsp3) is 0.682. The summed E-state index contributed by atoms with van der Waals surface area (Å²) in [6.07, 6.45) is 7.68. The molecule has 1 N–H and O–H groups in total. The van der Waals surface area contributed by atoms with Crippen LogP contribution in [0.15, 0.2) is 24.3 Å². The minimum atomic E-state index is -1.20. The molecular formula is C22H30N2O6. The standard InChI is InChI=1S/C22H30N2O6/c1-21(2,3)24-11-7-9-22-16(15-14(30-22)8-6-13-29-20(15)28)18(26)23(10-4-5-12-25)17(22)19(24)27/h6-9,14-17,25H,4-5,10-13H2,1-3H3/t14-,15+,16-,17?,22-/m0/s1. The van der Waals surface area contributed by atoms with Crippen molar-refractivity contribution >= 4 is 17.8 Å². The summed E-state index contributed by atoms with van der Waals surface area (Å²) in [4.78, 5) is 43.5. The SMILES string of the molecule is CC(C)(C)N1CC=C[C@]23O[C@H]4C=CCOC(=O)[C@H]4[C@H]2C(=O)N(CCCCO)C3C1=O. The molecule has 4 heterocycles. The maximum Gasteiger partial charge on any atom is 0.313 e. The van der Waals surface area contributed by atoms with Crippen LogP contribution in [-0.2, 0) is 23.9 Å². The summed E-state index contributed by atoms with van der Waals surface area (Å²) in [6, 6.07) is -0.847. The van der Waals surface area contributed by atoms with E-state index in [0.29, 0.717) is 25.9 Å². The molecule has 0 aromatic heterocycles. The lowest BCUT2D eigenvalue weighted by atomic mass is 9.78. The van der Waals surface area contributed by atoms with E-state index in [1.54, 1.807) is 22.0 Å². The number of unbranched alkanes of at least 4 members (excludes halogenated alkanes) is 1. The first-order valence-corrected chi connectivity index (χ1v) is 10.6. The van der Waals surface area contributed by atoms with E-state index in [1.807, 2.05) is 32.9 Å². The molecule has 0 aromatic rings. The van der Waals surface area contributed by atoms with Crippen LogP contribution in [0.4, 0.5) is 0 Å². The number of carbonyl (C=O) groups is 3. The average Bonchev–Trinajstić information content (AvgIpc) is 2.95. The highest BCUT2D eigenvalue weighted by Gasteiger charge is 2.72. The number of likely N-dealkylation sites (tertiary alicyclic amines) is 1. The third-order valence-electron chi connectivity index (χ3n) is 6.53. The number of hydrogen-bond acceptors (Lipinski definition) is 6.